The van der Waals surface area contributed by atoms with E-state index in [2.05, 4.69) is 11.7 Å². The maximum absolute atomic E-state index is 13.1. The average molecular weight is 392 g/mol. The molecule has 2 aromatic carbocycles. The molecule has 0 radical (unpaired) electrons. The van der Waals surface area contributed by atoms with Gasteiger partial charge in [0.2, 0.25) is 0 Å². The maximum atomic E-state index is 13.1. The lowest BCUT2D eigenvalue weighted by molar-refractivity contribution is 0.104. The molecule has 29 heavy (non-hydrogen) atoms. The number of hydrogen-bond acceptors (Lipinski definition) is 4. The fourth-order valence-corrected chi connectivity index (χ4v) is 2.81. The van der Waals surface area contributed by atoms with Crippen molar-refractivity contribution in [2.45, 2.75) is 6.92 Å². The zero-order valence-corrected chi connectivity index (χ0v) is 16.3. The van der Waals surface area contributed by atoms with Crippen molar-refractivity contribution in [2.75, 3.05) is 13.7 Å². The molecule has 0 bridgehead atoms. The summed E-state index contributed by atoms with van der Waals surface area (Å²) < 4.78 is 25.6. The van der Waals surface area contributed by atoms with E-state index in [9.17, 15) is 9.18 Å². The van der Waals surface area contributed by atoms with Crippen molar-refractivity contribution in [3.63, 3.8) is 0 Å². The van der Waals surface area contributed by atoms with Crippen LogP contribution in [0.25, 0.3) is 11.8 Å². The third-order valence-corrected chi connectivity index (χ3v) is 4.32. The van der Waals surface area contributed by atoms with E-state index < -0.39 is 0 Å². The summed E-state index contributed by atoms with van der Waals surface area (Å²) >= 11 is 0. The van der Waals surface area contributed by atoms with Crippen LogP contribution in [0.3, 0.4) is 0 Å². The number of ether oxygens (including phenoxy) is 2. The van der Waals surface area contributed by atoms with Gasteiger partial charge in [0.1, 0.15) is 12.4 Å². The van der Waals surface area contributed by atoms with Crippen molar-refractivity contribution in [3.8, 4) is 17.2 Å². The number of carbonyl (C=O) groups excluding carboxylic acids is 1. The van der Waals surface area contributed by atoms with Crippen molar-refractivity contribution in [1.29, 1.82) is 0 Å². The predicted octanol–water partition coefficient (Wildman–Crippen LogP) is 4.79. The van der Waals surface area contributed by atoms with Gasteiger partial charge in [0.15, 0.2) is 17.3 Å². The second-order valence-corrected chi connectivity index (χ2v) is 6.24. The van der Waals surface area contributed by atoms with Gasteiger partial charge in [-0.2, -0.15) is 5.10 Å². The number of methoxy groups -OCH3 is 1. The Hall–Kier alpha value is -3.67. The van der Waals surface area contributed by atoms with Crippen molar-refractivity contribution in [1.82, 2.24) is 9.78 Å². The Labute approximate surface area is 168 Å². The lowest BCUT2D eigenvalue weighted by atomic mass is 10.1. The Morgan fingerprint density at radius 3 is 2.66 bits per heavy atom. The molecule has 0 aliphatic heterocycles. The minimum absolute atomic E-state index is 0.179. The second-order valence-electron chi connectivity index (χ2n) is 6.24. The SMILES string of the molecule is C=CCOc1ccc(C=CC(=O)c2cnn(-c3ccc(F)cc3)c2C)cc1OC. The van der Waals surface area contributed by atoms with Gasteiger partial charge >= 0.3 is 0 Å². The third-order valence-electron chi connectivity index (χ3n) is 4.32. The van der Waals surface area contributed by atoms with E-state index >= 15 is 0 Å². The van der Waals surface area contributed by atoms with Crippen LogP contribution < -0.4 is 9.47 Å². The first-order valence-corrected chi connectivity index (χ1v) is 8.98. The normalized spacial score (nSPS) is 10.9. The van der Waals surface area contributed by atoms with E-state index in [0.29, 0.717) is 35.1 Å². The van der Waals surface area contributed by atoms with Crippen molar-refractivity contribution in [3.05, 3.63) is 90.0 Å². The van der Waals surface area contributed by atoms with Gasteiger partial charge in [0.05, 0.1) is 30.3 Å². The molecule has 0 fully saturated rings. The Balaban J connectivity index is 1.79. The summed E-state index contributed by atoms with van der Waals surface area (Å²) in [7, 11) is 1.56. The summed E-state index contributed by atoms with van der Waals surface area (Å²) in [5.41, 5.74) is 2.64. The first-order valence-electron chi connectivity index (χ1n) is 8.98. The van der Waals surface area contributed by atoms with E-state index in [1.54, 1.807) is 55.1 Å². The van der Waals surface area contributed by atoms with Gasteiger partial charge in [0, 0.05) is 0 Å². The van der Waals surface area contributed by atoms with E-state index in [4.69, 9.17) is 9.47 Å². The number of ketones is 1. The van der Waals surface area contributed by atoms with Crippen LogP contribution in [0, 0.1) is 12.7 Å². The minimum Gasteiger partial charge on any atom is -0.493 e. The van der Waals surface area contributed by atoms with E-state index in [-0.39, 0.29) is 11.6 Å². The van der Waals surface area contributed by atoms with Gasteiger partial charge in [-0.3, -0.25) is 4.79 Å². The third kappa shape index (κ3) is 4.60. The van der Waals surface area contributed by atoms with Crippen molar-refractivity contribution in [2.24, 2.45) is 0 Å². The van der Waals surface area contributed by atoms with Gasteiger partial charge < -0.3 is 9.47 Å². The molecule has 0 aliphatic carbocycles. The molecule has 0 atom stereocenters. The molecule has 0 saturated carbocycles. The highest BCUT2D eigenvalue weighted by atomic mass is 19.1. The molecule has 0 aliphatic rings. The topological polar surface area (TPSA) is 53.3 Å². The highest BCUT2D eigenvalue weighted by molar-refractivity contribution is 6.07. The van der Waals surface area contributed by atoms with Gasteiger partial charge in [-0.1, -0.05) is 24.8 Å². The van der Waals surface area contributed by atoms with Crippen LogP contribution in [-0.2, 0) is 0 Å². The van der Waals surface area contributed by atoms with Crippen molar-refractivity contribution >= 4 is 11.9 Å². The molecular formula is C23H21FN2O3. The van der Waals surface area contributed by atoms with Gasteiger partial charge in [-0.25, -0.2) is 9.07 Å². The zero-order chi connectivity index (χ0) is 20.8. The lowest BCUT2D eigenvalue weighted by Gasteiger charge is -2.09. The quantitative estimate of drug-likeness (QED) is 0.314. The number of carbonyl (C=O) groups is 1. The maximum Gasteiger partial charge on any atom is 0.189 e. The standard InChI is InChI=1S/C23H21FN2O3/c1-4-13-29-22-12-6-17(14-23(22)28-3)5-11-21(27)20-15-25-26(16(20)2)19-9-7-18(24)8-10-19/h4-12,14-15H,1,13H2,2-3H3. The molecule has 5 nitrogen and oxygen atoms in total. The van der Waals surface area contributed by atoms with Crippen LogP contribution in [0.1, 0.15) is 21.6 Å². The number of benzene rings is 2. The second kappa shape index (κ2) is 9.01. The number of allylic oxidation sites excluding steroid dienone is 1. The smallest absolute Gasteiger partial charge is 0.189 e. The summed E-state index contributed by atoms with van der Waals surface area (Å²) in [6.45, 7) is 5.79. The molecule has 0 N–H and O–H groups in total. The fraction of sp³-hybridized carbons (Fsp3) is 0.130. The summed E-state index contributed by atoms with van der Waals surface area (Å²) in [6, 6.07) is 11.3. The van der Waals surface area contributed by atoms with Crippen LogP contribution >= 0.6 is 0 Å². The van der Waals surface area contributed by atoms with Crippen LogP contribution in [0.4, 0.5) is 4.39 Å². The molecule has 3 aromatic rings. The number of rotatable bonds is 8. The summed E-state index contributed by atoms with van der Waals surface area (Å²) in [4.78, 5) is 12.6. The average Bonchev–Trinajstić information content (AvgIpc) is 3.12. The first-order chi connectivity index (χ1) is 14.0. The van der Waals surface area contributed by atoms with Gasteiger partial charge in [0.25, 0.3) is 0 Å². The van der Waals surface area contributed by atoms with E-state index in [0.717, 1.165) is 5.56 Å². The highest BCUT2D eigenvalue weighted by Crippen LogP contribution is 2.28. The summed E-state index contributed by atoms with van der Waals surface area (Å²) in [6.07, 6.45) is 6.35. The minimum atomic E-state index is -0.325. The van der Waals surface area contributed by atoms with Crippen LogP contribution in [-0.4, -0.2) is 29.3 Å². The Kier molecular flexibility index (Phi) is 6.24. The first kappa shape index (κ1) is 20.1. The van der Waals surface area contributed by atoms with Gasteiger partial charge in [-0.05, 0) is 55.0 Å². The molecule has 6 heteroatoms. The van der Waals surface area contributed by atoms with E-state index in [1.807, 2.05) is 6.07 Å². The predicted molar refractivity (Wildman–Crippen MR) is 110 cm³/mol. The van der Waals surface area contributed by atoms with Crippen LogP contribution in [0.15, 0.2) is 67.4 Å². The molecule has 0 spiro atoms. The van der Waals surface area contributed by atoms with Crippen molar-refractivity contribution < 1.29 is 18.7 Å². The zero-order valence-electron chi connectivity index (χ0n) is 16.3. The molecule has 1 aromatic heterocycles. The molecular weight excluding hydrogens is 371 g/mol. The molecule has 0 unspecified atom stereocenters. The summed E-state index contributed by atoms with van der Waals surface area (Å²) in [5, 5.41) is 4.25. The largest absolute Gasteiger partial charge is 0.493 e. The summed E-state index contributed by atoms with van der Waals surface area (Å²) in [5.74, 6) is 0.671. The number of hydrogen-bond donors (Lipinski definition) is 0. The molecule has 1 heterocycles. The fourth-order valence-electron chi connectivity index (χ4n) is 2.81. The molecule has 148 valence electrons. The molecule has 3 rings (SSSR count). The van der Waals surface area contributed by atoms with Crippen LogP contribution in [0.2, 0.25) is 0 Å². The molecule has 0 amide bonds. The monoisotopic (exact) mass is 392 g/mol. The number of aromatic nitrogens is 2. The Morgan fingerprint density at radius 2 is 1.97 bits per heavy atom. The highest BCUT2D eigenvalue weighted by Gasteiger charge is 2.13. The molecule has 0 saturated heterocycles. The number of nitrogens with zero attached hydrogens (tertiary/aromatic N) is 2. The van der Waals surface area contributed by atoms with Gasteiger partial charge in [-0.15, -0.1) is 0 Å². The van der Waals surface area contributed by atoms with Crippen LogP contribution in [0.5, 0.6) is 11.5 Å². The van der Waals surface area contributed by atoms with E-state index in [1.165, 1.54) is 24.4 Å². The lowest BCUT2D eigenvalue weighted by Crippen LogP contribution is -2.01. The Bertz CT molecular complexity index is 1050. The Morgan fingerprint density at radius 1 is 1.21 bits per heavy atom. The number of halogens is 1.